The largest absolute Gasteiger partial charge is 2.00 e. The molecule has 0 unspecified atom stereocenters. The Morgan fingerprint density at radius 3 is 1.75 bits per heavy atom. The van der Waals surface area contributed by atoms with Gasteiger partial charge in [0.2, 0.25) is 0 Å². The third-order valence-electron chi connectivity index (χ3n) is 0.328. The fraction of sp³-hybridized carbons (Fsp3) is 0.500. The van der Waals surface area contributed by atoms with E-state index in [1.807, 2.05) is 0 Å². The molecule has 72 valence electrons. The van der Waals surface area contributed by atoms with Crippen LogP contribution in [0.5, 0.6) is 0 Å². The normalized spacial score (nSPS) is 9.42. The molecule has 0 bridgehead atoms. The Morgan fingerprint density at radius 1 is 1.50 bits per heavy atom. The monoisotopic (exact) mass is 332 g/mol. The van der Waals surface area contributed by atoms with Crippen LogP contribution in [0, 0.1) is 0 Å². The molecule has 1 N–H and O–H groups in total. The van der Waals surface area contributed by atoms with Gasteiger partial charge in [-0.2, -0.15) is 21.6 Å². The Morgan fingerprint density at radius 2 is 1.75 bits per heavy atom. The smallest absolute Gasteiger partial charge is 1.00 e. The van der Waals surface area contributed by atoms with E-state index in [9.17, 15) is 21.6 Å². The Balaban J connectivity index is -0.0000000347. The third-order valence-corrected chi connectivity index (χ3v) is 0.985. The van der Waals surface area contributed by atoms with Crippen molar-refractivity contribution in [3.63, 3.8) is 0 Å². The molecule has 0 aromatic heterocycles. The van der Waals surface area contributed by atoms with Gasteiger partial charge in [-0.3, -0.25) is 4.55 Å². The topological polar surface area (TPSA) is 54.4 Å². The summed E-state index contributed by atoms with van der Waals surface area (Å²) in [4.78, 5) is 0. The summed E-state index contributed by atoms with van der Waals surface area (Å²) in [7, 11) is -3.79. The summed E-state index contributed by atoms with van der Waals surface area (Å²) < 4.78 is 56.3. The van der Waals surface area contributed by atoms with E-state index in [0.717, 1.165) is 6.08 Å². The van der Waals surface area contributed by atoms with Gasteiger partial charge >= 0.3 is 55.6 Å². The SMILES string of the molecule is C=CCS(=O)(=O)O.FC(F)F.[Ba+2].[H-].[H-]. The van der Waals surface area contributed by atoms with Gasteiger partial charge in [0, 0.05) is 0 Å². The second-order valence-corrected chi connectivity index (χ2v) is 2.78. The zero-order chi connectivity index (χ0) is 9.49. The Hall–Kier alpha value is 1.01. The summed E-state index contributed by atoms with van der Waals surface area (Å²) in [6.07, 6.45) is 1.12. The molecule has 0 aliphatic carbocycles. The molecule has 0 saturated carbocycles. The van der Waals surface area contributed by atoms with Crippen LogP contribution in [0.3, 0.4) is 0 Å². The van der Waals surface area contributed by atoms with Crippen LogP contribution in [0.25, 0.3) is 0 Å². The van der Waals surface area contributed by atoms with Gasteiger partial charge in [0.1, 0.15) is 0 Å². The van der Waals surface area contributed by atoms with E-state index in [1.165, 1.54) is 0 Å². The van der Waals surface area contributed by atoms with Crippen molar-refractivity contribution in [2.75, 3.05) is 5.75 Å². The fourth-order valence-electron chi connectivity index (χ4n) is 0.149. The minimum Gasteiger partial charge on any atom is -1.00 e. The average molecular weight is 332 g/mol. The Kier molecular flexibility index (Phi) is 15.8. The molecule has 0 aromatic rings. The van der Waals surface area contributed by atoms with Crippen LogP contribution < -0.4 is 0 Å². The minimum absolute atomic E-state index is 0. The van der Waals surface area contributed by atoms with E-state index >= 15 is 0 Å². The third kappa shape index (κ3) is 43.9. The first-order valence-electron chi connectivity index (χ1n) is 2.28. The molecule has 0 spiro atoms. The van der Waals surface area contributed by atoms with Gasteiger partial charge in [-0.25, -0.2) is 0 Å². The standard InChI is InChI=1S/C3H6O3S.CHF3.Ba.2H/c1-2-3-7(4,5)6;2-1(3)4;;;/h2H,1,3H2,(H,4,5,6);1H;;;/q;;+2;2*-1. The molecule has 0 fully saturated rings. The number of rotatable bonds is 2. The molecular weight excluding hydrogens is 322 g/mol. The maximum atomic E-state index is 9.72. The van der Waals surface area contributed by atoms with E-state index < -0.39 is 16.8 Å². The zero-order valence-corrected chi connectivity index (χ0v) is 11.3. The Bertz CT molecular complexity index is 197. The van der Waals surface area contributed by atoms with Crippen LogP contribution in [0.15, 0.2) is 12.7 Å². The van der Waals surface area contributed by atoms with Crippen LogP contribution in [0.1, 0.15) is 2.85 Å². The van der Waals surface area contributed by atoms with Crippen molar-refractivity contribution in [1.82, 2.24) is 0 Å². The van der Waals surface area contributed by atoms with Crippen LogP contribution in [-0.4, -0.2) is 74.3 Å². The summed E-state index contributed by atoms with van der Waals surface area (Å²) in [5.74, 6) is -0.368. The van der Waals surface area contributed by atoms with Crippen molar-refractivity contribution >= 4 is 59.0 Å². The first-order valence-corrected chi connectivity index (χ1v) is 3.88. The van der Waals surface area contributed by atoms with Crippen molar-refractivity contribution in [3.05, 3.63) is 12.7 Å². The van der Waals surface area contributed by atoms with Gasteiger partial charge in [-0.1, -0.05) is 6.08 Å². The molecule has 0 aromatic carbocycles. The minimum atomic E-state index is -3.79. The Labute approximate surface area is 112 Å². The summed E-state index contributed by atoms with van der Waals surface area (Å²) in [5, 5.41) is 0. The molecule has 0 amide bonds. The van der Waals surface area contributed by atoms with E-state index in [4.69, 9.17) is 4.55 Å². The van der Waals surface area contributed by atoms with Crippen molar-refractivity contribution in [2.45, 2.75) is 6.68 Å². The summed E-state index contributed by atoms with van der Waals surface area (Å²) in [5.41, 5.74) is 0. The summed E-state index contributed by atoms with van der Waals surface area (Å²) >= 11 is 0. The van der Waals surface area contributed by atoms with Gasteiger partial charge in [0.25, 0.3) is 10.1 Å². The number of hydrogen-bond acceptors (Lipinski definition) is 2. The molecule has 8 heteroatoms. The zero-order valence-electron chi connectivity index (χ0n) is 8.08. The summed E-state index contributed by atoms with van der Waals surface area (Å²) in [6, 6.07) is 0. The first-order chi connectivity index (χ1) is 4.79. The van der Waals surface area contributed by atoms with Crippen LogP contribution in [-0.2, 0) is 10.1 Å². The van der Waals surface area contributed by atoms with Crippen molar-refractivity contribution in [3.8, 4) is 0 Å². The second kappa shape index (κ2) is 10.1. The van der Waals surface area contributed by atoms with Gasteiger partial charge in [-0.15, -0.1) is 6.58 Å². The molecule has 0 aliphatic rings. The quantitative estimate of drug-likeness (QED) is 0.468. The first kappa shape index (κ1) is 18.7. The molecule has 0 atom stereocenters. The van der Waals surface area contributed by atoms with Crippen molar-refractivity contribution in [1.29, 1.82) is 0 Å². The molecule has 0 radical (unpaired) electrons. The summed E-state index contributed by atoms with van der Waals surface area (Å²) in [6.45, 7) is -0.560. The number of alkyl halides is 3. The molecule has 3 nitrogen and oxygen atoms in total. The number of halogens is 3. The van der Waals surface area contributed by atoms with Gasteiger partial charge in [0.05, 0.1) is 5.75 Å². The van der Waals surface area contributed by atoms with E-state index in [1.54, 1.807) is 0 Å². The van der Waals surface area contributed by atoms with Crippen LogP contribution >= 0.6 is 0 Å². The van der Waals surface area contributed by atoms with Gasteiger partial charge < -0.3 is 2.85 Å². The predicted molar refractivity (Wildman–Crippen MR) is 41.7 cm³/mol. The van der Waals surface area contributed by atoms with E-state index in [-0.39, 0.29) is 57.5 Å². The molecule has 0 rings (SSSR count). The van der Waals surface area contributed by atoms with Crippen molar-refractivity contribution in [2.24, 2.45) is 0 Å². The van der Waals surface area contributed by atoms with Crippen LogP contribution in [0.4, 0.5) is 13.2 Å². The maximum Gasteiger partial charge on any atom is 2.00 e. The van der Waals surface area contributed by atoms with Crippen LogP contribution in [0.2, 0.25) is 0 Å². The average Bonchev–Trinajstić information content (AvgIpc) is 1.58. The predicted octanol–water partition coefficient (Wildman–Crippen LogP) is 1.08. The van der Waals surface area contributed by atoms with Gasteiger partial charge in [-0.05, 0) is 0 Å². The molecule has 0 heterocycles. The molecule has 12 heavy (non-hydrogen) atoms. The molecular formula is C4H9BaF3O3S. The molecule has 0 saturated heterocycles. The second-order valence-electron chi connectivity index (χ2n) is 1.28. The van der Waals surface area contributed by atoms with E-state index in [0.29, 0.717) is 0 Å². The molecule has 0 aliphatic heterocycles. The van der Waals surface area contributed by atoms with E-state index in [2.05, 4.69) is 6.58 Å². The van der Waals surface area contributed by atoms with Gasteiger partial charge in [0.15, 0.2) is 0 Å². The van der Waals surface area contributed by atoms with Crippen molar-refractivity contribution < 1.29 is 29.0 Å². The maximum absolute atomic E-state index is 9.72. The number of hydrogen-bond donors (Lipinski definition) is 1. The fourth-order valence-corrected chi connectivity index (χ4v) is 0.447.